The van der Waals surface area contributed by atoms with Crippen molar-refractivity contribution in [2.75, 3.05) is 11.5 Å². The molecule has 1 fully saturated rings. The third-order valence-electron chi connectivity index (χ3n) is 3.20. The average molecular weight is 265 g/mol. The number of benzene rings is 1. The lowest BCUT2D eigenvalue weighted by Gasteiger charge is -2.23. The monoisotopic (exact) mass is 265 g/mol. The van der Waals surface area contributed by atoms with E-state index in [1.165, 1.54) is 24.3 Å². The fourth-order valence-corrected chi connectivity index (χ4v) is 3.24. The highest BCUT2D eigenvalue weighted by atomic mass is 32.2. The van der Waals surface area contributed by atoms with Gasteiger partial charge in [-0.1, -0.05) is 29.4 Å². The number of thioether (sulfide) groups is 1. The van der Waals surface area contributed by atoms with Crippen molar-refractivity contribution in [3.8, 4) is 0 Å². The van der Waals surface area contributed by atoms with Gasteiger partial charge in [-0.15, -0.1) is 0 Å². The number of nitrogens with one attached hydrogen (secondary N) is 1. The molecule has 1 aliphatic rings. The summed E-state index contributed by atoms with van der Waals surface area (Å²) in [5, 5.41) is 15.4. The maximum Gasteiger partial charge on any atom is 0.170 e. The van der Waals surface area contributed by atoms with Gasteiger partial charge < -0.3 is 16.3 Å². The van der Waals surface area contributed by atoms with Crippen LogP contribution in [0.2, 0.25) is 0 Å². The van der Waals surface area contributed by atoms with Crippen LogP contribution in [0.4, 0.5) is 0 Å². The molecule has 1 aromatic rings. The minimum absolute atomic E-state index is 0.173. The van der Waals surface area contributed by atoms with Gasteiger partial charge in [-0.05, 0) is 29.9 Å². The van der Waals surface area contributed by atoms with Crippen LogP contribution in [-0.4, -0.2) is 28.6 Å². The van der Waals surface area contributed by atoms with Crippen LogP contribution in [0.3, 0.4) is 0 Å². The lowest BCUT2D eigenvalue weighted by atomic mass is 10.1. The van der Waals surface area contributed by atoms with Gasteiger partial charge in [-0.3, -0.25) is 0 Å². The van der Waals surface area contributed by atoms with Crippen LogP contribution in [0.1, 0.15) is 24.0 Å². The molecule has 1 aromatic carbocycles. The zero-order chi connectivity index (χ0) is 12.8. The van der Waals surface area contributed by atoms with Gasteiger partial charge in [0.1, 0.15) is 0 Å². The van der Waals surface area contributed by atoms with E-state index in [9.17, 15) is 0 Å². The number of hydrogen-bond donors (Lipinski definition) is 3. The molecule has 0 saturated carbocycles. The summed E-state index contributed by atoms with van der Waals surface area (Å²) in [6.07, 6.45) is 2.44. The number of nitrogens with zero attached hydrogens (tertiary/aromatic N) is 1. The summed E-state index contributed by atoms with van der Waals surface area (Å²) >= 11 is 2.02. The molecule has 0 aromatic heterocycles. The molecule has 0 bridgehead atoms. The fourth-order valence-electron chi connectivity index (χ4n) is 2.13. The van der Waals surface area contributed by atoms with Gasteiger partial charge in [0.2, 0.25) is 0 Å². The second kappa shape index (κ2) is 6.66. The van der Waals surface area contributed by atoms with E-state index in [1.807, 2.05) is 36.0 Å². The Labute approximate surface area is 112 Å². The fraction of sp³-hybridized carbons (Fsp3) is 0.462. The Bertz CT molecular complexity index is 416. The van der Waals surface area contributed by atoms with E-state index in [0.29, 0.717) is 6.04 Å². The molecule has 0 radical (unpaired) electrons. The summed E-state index contributed by atoms with van der Waals surface area (Å²) in [6.45, 7) is 0.766. The summed E-state index contributed by atoms with van der Waals surface area (Å²) in [5.74, 6) is 2.64. The van der Waals surface area contributed by atoms with E-state index < -0.39 is 0 Å². The Morgan fingerprint density at radius 2 is 2.11 bits per heavy atom. The lowest BCUT2D eigenvalue weighted by Crippen LogP contribution is -2.32. The number of oxime groups is 1. The highest BCUT2D eigenvalue weighted by Gasteiger charge is 2.14. The summed E-state index contributed by atoms with van der Waals surface area (Å²) in [6, 6.07) is 8.35. The number of rotatable bonds is 4. The van der Waals surface area contributed by atoms with Crippen molar-refractivity contribution in [1.82, 2.24) is 5.32 Å². The minimum Gasteiger partial charge on any atom is -0.409 e. The number of amidine groups is 1. The number of hydrogen-bond acceptors (Lipinski definition) is 4. The molecule has 1 heterocycles. The molecule has 0 aliphatic carbocycles. The van der Waals surface area contributed by atoms with E-state index in [0.717, 1.165) is 17.7 Å². The van der Waals surface area contributed by atoms with Crippen LogP contribution in [0.25, 0.3) is 0 Å². The molecule has 18 heavy (non-hydrogen) atoms. The van der Waals surface area contributed by atoms with Gasteiger partial charge in [0.05, 0.1) is 0 Å². The first-order chi connectivity index (χ1) is 8.81. The maximum atomic E-state index is 8.77. The summed E-state index contributed by atoms with van der Waals surface area (Å²) in [7, 11) is 0. The minimum atomic E-state index is 0.173. The molecular weight excluding hydrogens is 246 g/mol. The molecule has 4 N–H and O–H groups in total. The summed E-state index contributed by atoms with van der Waals surface area (Å²) < 4.78 is 0. The molecule has 1 aliphatic heterocycles. The molecule has 0 unspecified atom stereocenters. The Balaban J connectivity index is 2.00. The normalized spacial score (nSPS) is 17.9. The Morgan fingerprint density at radius 3 is 2.83 bits per heavy atom. The van der Waals surface area contributed by atoms with Gasteiger partial charge in [-0.25, -0.2) is 0 Å². The highest BCUT2D eigenvalue weighted by molar-refractivity contribution is 7.99. The molecule has 0 spiro atoms. The largest absolute Gasteiger partial charge is 0.409 e. The van der Waals surface area contributed by atoms with E-state index in [-0.39, 0.29) is 5.84 Å². The second-order valence-electron chi connectivity index (χ2n) is 4.41. The van der Waals surface area contributed by atoms with Crippen LogP contribution in [0, 0.1) is 0 Å². The van der Waals surface area contributed by atoms with Crippen molar-refractivity contribution >= 4 is 17.6 Å². The van der Waals surface area contributed by atoms with E-state index >= 15 is 0 Å². The van der Waals surface area contributed by atoms with Gasteiger partial charge >= 0.3 is 0 Å². The smallest absolute Gasteiger partial charge is 0.170 e. The SMILES string of the molecule is N/C(=N/O)c1ccccc1CNC1CCSCC1. The molecule has 5 heteroatoms. The molecule has 2 rings (SSSR count). The molecule has 0 amide bonds. The van der Waals surface area contributed by atoms with E-state index in [4.69, 9.17) is 10.9 Å². The quantitative estimate of drug-likeness (QED) is 0.336. The van der Waals surface area contributed by atoms with Crippen molar-refractivity contribution in [3.05, 3.63) is 35.4 Å². The van der Waals surface area contributed by atoms with Crippen LogP contribution in [-0.2, 0) is 6.54 Å². The Morgan fingerprint density at radius 1 is 1.39 bits per heavy atom. The molecule has 0 atom stereocenters. The standard InChI is InChI=1S/C13H19N3OS/c14-13(16-17)12-4-2-1-3-10(12)9-15-11-5-7-18-8-6-11/h1-4,11,15,17H,5-9H2,(H2,14,16). The van der Waals surface area contributed by atoms with Gasteiger partial charge in [0.15, 0.2) is 5.84 Å². The number of nitrogens with two attached hydrogens (primary N) is 1. The highest BCUT2D eigenvalue weighted by Crippen LogP contribution is 2.17. The molecule has 4 nitrogen and oxygen atoms in total. The predicted molar refractivity (Wildman–Crippen MR) is 76.1 cm³/mol. The van der Waals surface area contributed by atoms with Gasteiger partial charge in [0.25, 0.3) is 0 Å². The maximum absolute atomic E-state index is 8.77. The Hall–Kier alpha value is -1.20. The van der Waals surface area contributed by atoms with Gasteiger partial charge in [0, 0.05) is 18.2 Å². The Kier molecular flexibility index (Phi) is 4.90. The summed E-state index contributed by atoms with van der Waals surface area (Å²) in [5.41, 5.74) is 7.55. The van der Waals surface area contributed by atoms with Crippen LogP contribution in [0.5, 0.6) is 0 Å². The van der Waals surface area contributed by atoms with Crippen molar-refractivity contribution in [2.45, 2.75) is 25.4 Å². The van der Waals surface area contributed by atoms with Crippen LogP contribution >= 0.6 is 11.8 Å². The van der Waals surface area contributed by atoms with Crippen molar-refractivity contribution in [3.63, 3.8) is 0 Å². The average Bonchev–Trinajstić information content (AvgIpc) is 2.45. The third-order valence-corrected chi connectivity index (χ3v) is 4.25. The van der Waals surface area contributed by atoms with Gasteiger partial charge in [-0.2, -0.15) is 11.8 Å². The lowest BCUT2D eigenvalue weighted by molar-refractivity contribution is 0.318. The van der Waals surface area contributed by atoms with Crippen molar-refractivity contribution in [2.24, 2.45) is 10.9 Å². The second-order valence-corrected chi connectivity index (χ2v) is 5.63. The van der Waals surface area contributed by atoms with Crippen molar-refractivity contribution < 1.29 is 5.21 Å². The molecule has 98 valence electrons. The van der Waals surface area contributed by atoms with Crippen LogP contribution < -0.4 is 11.1 Å². The topological polar surface area (TPSA) is 70.6 Å². The van der Waals surface area contributed by atoms with Crippen molar-refractivity contribution in [1.29, 1.82) is 0 Å². The predicted octanol–water partition coefficient (Wildman–Crippen LogP) is 1.77. The first-order valence-electron chi connectivity index (χ1n) is 6.18. The van der Waals surface area contributed by atoms with E-state index in [1.54, 1.807) is 0 Å². The zero-order valence-electron chi connectivity index (χ0n) is 10.3. The molecule has 1 saturated heterocycles. The first-order valence-corrected chi connectivity index (χ1v) is 7.33. The van der Waals surface area contributed by atoms with Crippen LogP contribution in [0.15, 0.2) is 29.4 Å². The zero-order valence-corrected chi connectivity index (χ0v) is 11.1. The van der Waals surface area contributed by atoms with E-state index in [2.05, 4.69) is 10.5 Å². The first kappa shape index (κ1) is 13.2. The summed E-state index contributed by atoms with van der Waals surface area (Å²) in [4.78, 5) is 0. The third kappa shape index (κ3) is 3.40. The molecular formula is C13H19N3OS.